The van der Waals surface area contributed by atoms with Gasteiger partial charge in [-0.05, 0) is 12.8 Å². The third-order valence-electron chi connectivity index (χ3n) is 2.50. The minimum atomic E-state index is -0.146. The number of hydrogen-bond acceptors (Lipinski definition) is 2. The van der Waals surface area contributed by atoms with Crippen LogP contribution in [0, 0.1) is 0 Å². The summed E-state index contributed by atoms with van der Waals surface area (Å²) < 4.78 is 0. The first-order chi connectivity index (χ1) is 5.84. The summed E-state index contributed by atoms with van der Waals surface area (Å²) >= 11 is 0. The highest BCUT2D eigenvalue weighted by molar-refractivity contribution is 4.82. The van der Waals surface area contributed by atoms with E-state index in [0.717, 1.165) is 19.4 Å². The van der Waals surface area contributed by atoms with E-state index < -0.39 is 0 Å². The van der Waals surface area contributed by atoms with Crippen molar-refractivity contribution in [3.63, 3.8) is 0 Å². The van der Waals surface area contributed by atoms with Gasteiger partial charge in [0.25, 0.3) is 0 Å². The molecule has 70 valence electrons. The van der Waals surface area contributed by atoms with Crippen LogP contribution in [0.4, 0.5) is 0 Å². The second kappa shape index (κ2) is 5.33. The number of aliphatic hydroxyl groups excluding tert-OH is 1. The highest BCUT2D eigenvalue weighted by atomic mass is 16.3. The Labute approximate surface area is 74.7 Å². The van der Waals surface area contributed by atoms with Crippen LogP contribution in [0.1, 0.15) is 32.1 Å². The predicted octanol–water partition coefficient (Wildman–Crippen LogP) is 1.46. The lowest BCUT2D eigenvalue weighted by molar-refractivity contribution is 0.122. The van der Waals surface area contributed by atoms with Gasteiger partial charge in [-0.3, -0.25) is 0 Å². The number of aliphatic hydroxyl groups is 1. The van der Waals surface area contributed by atoms with Gasteiger partial charge in [-0.15, -0.1) is 6.58 Å². The molecule has 0 aromatic heterocycles. The number of nitrogens with one attached hydrogen (secondary N) is 1. The first kappa shape index (κ1) is 9.75. The number of hydrogen-bond donors (Lipinski definition) is 2. The second-order valence-corrected chi connectivity index (χ2v) is 3.51. The molecule has 0 radical (unpaired) electrons. The standard InChI is InChI=1S/C10H19NO/c1-2-8-11-9-6-4-3-5-7-10(9)12/h2,9-12H,1,3-8H2/t9-,10-/m1/s1. The molecule has 0 amide bonds. The molecule has 2 N–H and O–H groups in total. The Bertz CT molecular complexity index is 136. The summed E-state index contributed by atoms with van der Waals surface area (Å²) in [6.07, 6.45) is 7.44. The molecule has 1 aliphatic rings. The maximum atomic E-state index is 9.68. The molecule has 0 aromatic rings. The van der Waals surface area contributed by atoms with E-state index >= 15 is 0 Å². The van der Waals surface area contributed by atoms with Gasteiger partial charge in [0.15, 0.2) is 0 Å². The Balaban J connectivity index is 2.31. The molecule has 1 fully saturated rings. The maximum absolute atomic E-state index is 9.68. The van der Waals surface area contributed by atoms with Crippen molar-refractivity contribution in [1.82, 2.24) is 5.32 Å². The number of rotatable bonds is 3. The smallest absolute Gasteiger partial charge is 0.0693 e. The molecule has 1 saturated carbocycles. The second-order valence-electron chi connectivity index (χ2n) is 3.51. The Hall–Kier alpha value is -0.340. The summed E-state index contributed by atoms with van der Waals surface area (Å²) in [7, 11) is 0. The molecule has 0 spiro atoms. The third kappa shape index (κ3) is 2.95. The maximum Gasteiger partial charge on any atom is 0.0693 e. The van der Waals surface area contributed by atoms with Crippen LogP contribution in [0.5, 0.6) is 0 Å². The summed E-state index contributed by atoms with van der Waals surface area (Å²) in [4.78, 5) is 0. The van der Waals surface area contributed by atoms with Crippen molar-refractivity contribution in [3.8, 4) is 0 Å². The normalized spacial score (nSPS) is 31.1. The van der Waals surface area contributed by atoms with Crippen molar-refractivity contribution in [2.75, 3.05) is 6.54 Å². The van der Waals surface area contributed by atoms with Gasteiger partial charge in [0.1, 0.15) is 0 Å². The van der Waals surface area contributed by atoms with Crippen LogP contribution in [-0.4, -0.2) is 23.8 Å². The highest BCUT2D eigenvalue weighted by Crippen LogP contribution is 2.17. The Kier molecular flexibility index (Phi) is 4.33. The molecule has 12 heavy (non-hydrogen) atoms. The Morgan fingerprint density at radius 2 is 2.08 bits per heavy atom. The van der Waals surface area contributed by atoms with Crippen LogP contribution >= 0.6 is 0 Å². The lowest BCUT2D eigenvalue weighted by Gasteiger charge is -2.20. The van der Waals surface area contributed by atoms with Crippen molar-refractivity contribution in [2.45, 2.75) is 44.2 Å². The zero-order valence-electron chi connectivity index (χ0n) is 7.63. The molecule has 2 nitrogen and oxygen atoms in total. The average molecular weight is 169 g/mol. The van der Waals surface area contributed by atoms with Gasteiger partial charge in [0, 0.05) is 12.6 Å². The fraction of sp³-hybridized carbons (Fsp3) is 0.800. The van der Waals surface area contributed by atoms with Gasteiger partial charge in [-0.2, -0.15) is 0 Å². The predicted molar refractivity (Wildman–Crippen MR) is 51.1 cm³/mol. The SMILES string of the molecule is C=CCN[C@@H]1CCCCC[C@H]1O. The van der Waals surface area contributed by atoms with Gasteiger partial charge in [0.05, 0.1) is 6.10 Å². The summed E-state index contributed by atoms with van der Waals surface area (Å²) in [5, 5.41) is 13.0. The minimum Gasteiger partial charge on any atom is -0.392 e. The molecule has 0 saturated heterocycles. The fourth-order valence-corrected chi connectivity index (χ4v) is 1.76. The van der Waals surface area contributed by atoms with E-state index in [1.807, 2.05) is 6.08 Å². The Morgan fingerprint density at radius 3 is 2.83 bits per heavy atom. The van der Waals surface area contributed by atoms with Gasteiger partial charge in [-0.25, -0.2) is 0 Å². The van der Waals surface area contributed by atoms with Gasteiger partial charge in [-0.1, -0.05) is 25.3 Å². The van der Waals surface area contributed by atoms with Crippen molar-refractivity contribution in [3.05, 3.63) is 12.7 Å². The summed E-state index contributed by atoms with van der Waals surface area (Å²) in [6, 6.07) is 0.297. The summed E-state index contributed by atoms with van der Waals surface area (Å²) in [5.74, 6) is 0. The third-order valence-corrected chi connectivity index (χ3v) is 2.50. The van der Waals surface area contributed by atoms with E-state index in [2.05, 4.69) is 11.9 Å². The summed E-state index contributed by atoms with van der Waals surface area (Å²) in [5.41, 5.74) is 0. The molecule has 0 unspecified atom stereocenters. The van der Waals surface area contributed by atoms with Crippen LogP contribution in [-0.2, 0) is 0 Å². The Morgan fingerprint density at radius 1 is 1.33 bits per heavy atom. The van der Waals surface area contributed by atoms with Gasteiger partial charge >= 0.3 is 0 Å². The first-order valence-corrected chi connectivity index (χ1v) is 4.87. The van der Waals surface area contributed by atoms with E-state index in [1.165, 1.54) is 19.3 Å². The quantitative estimate of drug-likeness (QED) is 0.495. The first-order valence-electron chi connectivity index (χ1n) is 4.87. The van der Waals surface area contributed by atoms with E-state index in [0.29, 0.717) is 6.04 Å². The molecule has 2 atom stereocenters. The molecule has 0 aromatic carbocycles. The topological polar surface area (TPSA) is 32.3 Å². The molecule has 2 heteroatoms. The van der Waals surface area contributed by atoms with Crippen molar-refractivity contribution in [1.29, 1.82) is 0 Å². The minimum absolute atomic E-state index is 0.146. The molecule has 0 aliphatic heterocycles. The van der Waals surface area contributed by atoms with Gasteiger partial charge in [0.2, 0.25) is 0 Å². The molecule has 0 heterocycles. The molecule has 0 bridgehead atoms. The van der Waals surface area contributed by atoms with Gasteiger partial charge < -0.3 is 10.4 Å². The van der Waals surface area contributed by atoms with Crippen LogP contribution < -0.4 is 5.32 Å². The highest BCUT2D eigenvalue weighted by Gasteiger charge is 2.19. The van der Waals surface area contributed by atoms with Crippen molar-refractivity contribution in [2.24, 2.45) is 0 Å². The van der Waals surface area contributed by atoms with Crippen LogP contribution in [0.3, 0.4) is 0 Å². The molecule has 1 aliphatic carbocycles. The zero-order valence-corrected chi connectivity index (χ0v) is 7.63. The average Bonchev–Trinajstić information content (AvgIpc) is 2.27. The fourth-order valence-electron chi connectivity index (χ4n) is 1.76. The van der Waals surface area contributed by atoms with Crippen molar-refractivity contribution < 1.29 is 5.11 Å². The monoisotopic (exact) mass is 169 g/mol. The van der Waals surface area contributed by atoms with Crippen LogP contribution in [0.2, 0.25) is 0 Å². The largest absolute Gasteiger partial charge is 0.392 e. The zero-order chi connectivity index (χ0) is 8.81. The molecule has 1 rings (SSSR count). The summed E-state index contributed by atoms with van der Waals surface area (Å²) in [6.45, 7) is 4.46. The van der Waals surface area contributed by atoms with E-state index in [-0.39, 0.29) is 6.10 Å². The lowest BCUT2D eigenvalue weighted by atomic mass is 10.1. The van der Waals surface area contributed by atoms with E-state index in [4.69, 9.17) is 0 Å². The van der Waals surface area contributed by atoms with E-state index in [9.17, 15) is 5.11 Å². The van der Waals surface area contributed by atoms with E-state index in [1.54, 1.807) is 0 Å². The van der Waals surface area contributed by atoms with Crippen LogP contribution in [0.25, 0.3) is 0 Å². The van der Waals surface area contributed by atoms with Crippen molar-refractivity contribution >= 4 is 0 Å². The molecular formula is C10H19NO. The van der Waals surface area contributed by atoms with Crippen LogP contribution in [0.15, 0.2) is 12.7 Å². The molecular weight excluding hydrogens is 150 g/mol. The lowest BCUT2D eigenvalue weighted by Crippen LogP contribution is -2.39.